The van der Waals surface area contributed by atoms with Gasteiger partial charge in [-0.3, -0.25) is 0 Å². The number of rotatable bonds is 2. The lowest BCUT2D eigenvalue weighted by Crippen LogP contribution is -1.93. The molecule has 1 heterocycles. The van der Waals surface area contributed by atoms with E-state index in [0.717, 1.165) is 22.6 Å². The van der Waals surface area contributed by atoms with Crippen LogP contribution in [0.15, 0.2) is 30.6 Å². The molecule has 4 heteroatoms. The van der Waals surface area contributed by atoms with Crippen LogP contribution in [0.1, 0.15) is 5.56 Å². The fourth-order valence-corrected chi connectivity index (χ4v) is 1.57. The molecule has 2 N–H and O–H groups in total. The Balaban J connectivity index is 2.45. The summed E-state index contributed by atoms with van der Waals surface area (Å²) in [5, 5.41) is 0. The minimum Gasteiger partial charge on any atom is -0.496 e. The first-order valence-corrected chi connectivity index (χ1v) is 4.93. The molecule has 0 saturated carbocycles. The molecule has 0 saturated heterocycles. The molecule has 0 atom stereocenters. The third-order valence-electron chi connectivity index (χ3n) is 2.38. The first-order chi connectivity index (χ1) is 7.70. The number of aryl methyl sites for hydroxylation is 1. The number of ether oxygens (including phenoxy) is 1. The number of benzene rings is 1. The van der Waals surface area contributed by atoms with E-state index in [0.29, 0.717) is 5.82 Å². The molecular formula is C12H13N3O. The van der Waals surface area contributed by atoms with Crippen molar-refractivity contribution in [1.29, 1.82) is 0 Å². The normalized spacial score (nSPS) is 10.1. The Hall–Kier alpha value is -2.10. The first kappa shape index (κ1) is 10.4. The lowest BCUT2D eigenvalue weighted by Gasteiger charge is -2.07. The lowest BCUT2D eigenvalue weighted by molar-refractivity contribution is 0.412. The van der Waals surface area contributed by atoms with Crippen LogP contribution in [0.4, 0.5) is 5.82 Å². The van der Waals surface area contributed by atoms with Gasteiger partial charge in [-0.25, -0.2) is 9.97 Å². The zero-order valence-corrected chi connectivity index (χ0v) is 9.27. The van der Waals surface area contributed by atoms with Crippen LogP contribution in [-0.2, 0) is 0 Å². The number of aromatic nitrogens is 2. The van der Waals surface area contributed by atoms with E-state index in [-0.39, 0.29) is 0 Å². The van der Waals surface area contributed by atoms with E-state index in [4.69, 9.17) is 10.5 Å². The van der Waals surface area contributed by atoms with Gasteiger partial charge >= 0.3 is 0 Å². The molecule has 0 unspecified atom stereocenters. The number of anilines is 1. The molecular weight excluding hydrogens is 202 g/mol. The standard InChI is InChI=1S/C12H13N3O/c1-8-5-9(3-4-11(8)16-2)10-6-12(13)15-7-14-10/h3-7H,1-2H3,(H2,13,14,15). The van der Waals surface area contributed by atoms with Crippen molar-refractivity contribution >= 4 is 5.82 Å². The number of nitrogen functional groups attached to an aromatic ring is 1. The van der Waals surface area contributed by atoms with Gasteiger partial charge in [0.25, 0.3) is 0 Å². The minimum absolute atomic E-state index is 0.471. The van der Waals surface area contributed by atoms with Crippen molar-refractivity contribution in [3.05, 3.63) is 36.2 Å². The van der Waals surface area contributed by atoms with Crippen molar-refractivity contribution in [3.63, 3.8) is 0 Å². The minimum atomic E-state index is 0.471. The summed E-state index contributed by atoms with van der Waals surface area (Å²) in [5.41, 5.74) is 8.51. The van der Waals surface area contributed by atoms with Crippen LogP contribution in [0.5, 0.6) is 5.75 Å². The van der Waals surface area contributed by atoms with Gasteiger partial charge in [0.2, 0.25) is 0 Å². The molecule has 0 aliphatic heterocycles. The lowest BCUT2D eigenvalue weighted by atomic mass is 10.1. The van der Waals surface area contributed by atoms with E-state index < -0.39 is 0 Å². The van der Waals surface area contributed by atoms with Crippen molar-refractivity contribution < 1.29 is 4.74 Å². The Morgan fingerprint density at radius 1 is 1.19 bits per heavy atom. The summed E-state index contributed by atoms with van der Waals surface area (Å²) in [4.78, 5) is 8.04. The van der Waals surface area contributed by atoms with Crippen LogP contribution in [-0.4, -0.2) is 17.1 Å². The molecule has 0 spiro atoms. The highest BCUT2D eigenvalue weighted by Gasteiger charge is 2.03. The largest absolute Gasteiger partial charge is 0.496 e. The van der Waals surface area contributed by atoms with Gasteiger partial charge in [0.15, 0.2) is 0 Å². The SMILES string of the molecule is COc1ccc(-c2cc(N)ncn2)cc1C. The van der Waals surface area contributed by atoms with Crippen LogP contribution >= 0.6 is 0 Å². The van der Waals surface area contributed by atoms with Crippen LogP contribution < -0.4 is 10.5 Å². The van der Waals surface area contributed by atoms with Crippen LogP contribution in [0, 0.1) is 6.92 Å². The Kier molecular flexibility index (Phi) is 2.72. The Bertz CT molecular complexity index is 511. The Morgan fingerprint density at radius 2 is 2.00 bits per heavy atom. The predicted molar refractivity (Wildman–Crippen MR) is 63.2 cm³/mol. The number of hydrogen-bond acceptors (Lipinski definition) is 4. The molecule has 0 radical (unpaired) electrons. The molecule has 2 aromatic rings. The average Bonchev–Trinajstić information content (AvgIpc) is 2.29. The quantitative estimate of drug-likeness (QED) is 0.832. The van der Waals surface area contributed by atoms with Gasteiger partial charge in [-0.1, -0.05) is 0 Å². The van der Waals surface area contributed by atoms with Crippen molar-refractivity contribution in [1.82, 2.24) is 9.97 Å². The molecule has 2 rings (SSSR count). The molecule has 0 bridgehead atoms. The number of hydrogen-bond donors (Lipinski definition) is 1. The highest BCUT2D eigenvalue weighted by Crippen LogP contribution is 2.24. The van der Waals surface area contributed by atoms with Crippen molar-refractivity contribution in [3.8, 4) is 17.0 Å². The second-order valence-electron chi connectivity index (χ2n) is 3.51. The molecule has 1 aromatic carbocycles. The number of methoxy groups -OCH3 is 1. The van der Waals surface area contributed by atoms with Crippen molar-refractivity contribution in [2.75, 3.05) is 12.8 Å². The summed E-state index contributed by atoms with van der Waals surface area (Å²) in [6, 6.07) is 7.64. The zero-order valence-electron chi connectivity index (χ0n) is 9.27. The third-order valence-corrected chi connectivity index (χ3v) is 2.38. The Labute approximate surface area is 94.1 Å². The average molecular weight is 215 g/mol. The van der Waals surface area contributed by atoms with Gasteiger partial charge in [-0.15, -0.1) is 0 Å². The van der Waals surface area contributed by atoms with E-state index in [2.05, 4.69) is 9.97 Å². The second-order valence-corrected chi connectivity index (χ2v) is 3.51. The van der Waals surface area contributed by atoms with E-state index >= 15 is 0 Å². The maximum Gasteiger partial charge on any atom is 0.127 e. The molecule has 0 amide bonds. The van der Waals surface area contributed by atoms with Gasteiger partial charge in [0, 0.05) is 11.6 Å². The highest BCUT2D eigenvalue weighted by molar-refractivity contribution is 5.63. The molecule has 0 fully saturated rings. The summed E-state index contributed by atoms with van der Waals surface area (Å²) in [6.45, 7) is 1.99. The van der Waals surface area contributed by atoms with Gasteiger partial charge in [0.1, 0.15) is 17.9 Å². The monoisotopic (exact) mass is 215 g/mol. The van der Waals surface area contributed by atoms with Gasteiger partial charge in [0.05, 0.1) is 12.8 Å². The summed E-state index contributed by atoms with van der Waals surface area (Å²) >= 11 is 0. The molecule has 0 aliphatic carbocycles. The Morgan fingerprint density at radius 3 is 2.62 bits per heavy atom. The van der Waals surface area contributed by atoms with E-state index in [1.54, 1.807) is 13.2 Å². The maximum absolute atomic E-state index is 5.61. The van der Waals surface area contributed by atoms with Crippen LogP contribution in [0.3, 0.4) is 0 Å². The fourth-order valence-electron chi connectivity index (χ4n) is 1.57. The maximum atomic E-state index is 5.61. The van der Waals surface area contributed by atoms with E-state index in [1.165, 1.54) is 6.33 Å². The summed E-state index contributed by atoms with van der Waals surface area (Å²) in [7, 11) is 1.66. The van der Waals surface area contributed by atoms with Crippen LogP contribution in [0.2, 0.25) is 0 Å². The highest BCUT2D eigenvalue weighted by atomic mass is 16.5. The van der Waals surface area contributed by atoms with Gasteiger partial charge < -0.3 is 10.5 Å². The summed E-state index contributed by atoms with van der Waals surface area (Å²) in [6.07, 6.45) is 1.46. The van der Waals surface area contributed by atoms with Gasteiger partial charge in [-0.2, -0.15) is 0 Å². The summed E-state index contributed by atoms with van der Waals surface area (Å²) in [5.74, 6) is 1.34. The smallest absolute Gasteiger partial charge is 0.127 e. The predicted octanol–water partition coefficient (Wildman–Crippen LogP) is 2.04. The van der Waals surface area contributed by atoms with Gasteiger partial charge in [-0.05, 0) is 30.7 Å². The number of nitrogens with two attached hydrogens (primary N) is 1. The topological polar surface area (TPSA) is 61.0 Å². The third kappa shape index (κ3) is 1.95. The van der Waals surface area contributed by atoms with Crippen molar-refractivity contribution in [2.45, 2.75) is 6.92 Å². The molecule has 0 aliphatic rings. The molecule has 82 valence electrons. The second kappa shape index (κ2) is 4.18. The van der Waals surface area contributed by atoms with E-state index in [9.17, 15) is 0 Å². The number of nitrogens with zero attached hydrogens (tertiary/aromatic N) is 2. The zero-order chi connectivity index (χ0) is 11.5. The molecule has 16 heavy (non-hydrogen) atoms. The first-order valence-electron chi connectivity index (χ1n) is 4.93. The molecule has 1 aromatic heterocycles. The summed E-state index contributed by atoms with van der Waals surface area (Å²) < 4.78 is 5.20. The fraction of sp³-hybridized carbons (Fsp3) is 0.167. The van der Waals surface area contributed by atoms with E-state index in [1.807, 2.05) is 25.1 Å². The van der Waals surface area contributed by atoms with Crippen LogP contribution in [0.25, 0.3) is 11.3 Å². The van der Waals surface area contributed by atoms with Crippen molar-refractivity contribution in [2.24, 2.45) is 0 Å². The molecule has 4 nitrogen and oxygen atoms in total.